The molecule has 0 aromatic heterocycles. The molecule has 4 heteroatoms. The van der Waals surface area contributed by atoms with Crippen LogP contribution in [0.4, 0.5) is 0 Å². The molecule has 0 aliphatic carbocycles. The first kappa shape index (κ1) is 18.7. The standard InChI is InChI=1S/C22H30N2O2/c1-4-22-20-14-18(26-13-5-12-23)10-11-19(20)21(15-24(22)2)16-6-8-17(25-3)9-7-16/h6-11,14,21-22H,4-5,12-13,15,23H2,1-3H3. The summed E-state index contributed by atoms with van der Waals surface area (Å²) in [7, 11) is 3.92. The molecule has 0 spiro atoms. The lowest BCUT2D eigenvalue weighted by molar-refractivity contribution is 0.212. The lowest BCUT2D eigenvalue weighted by Gasteiger charge is -2.39. The van der Waals surface area contributed by atoms with E-state index in [9.17, 15) is 0 Å². The molecule has 0 bridgehead atoms. The van der Waals surface area contributed by atoms with Crippen molar-refractivity contribution in [3.8, 4) is 11.5 Å². The molecule has 0 amide bonds. The molecule has 4 nitrogen and oxygen atoms in total. The van der Waals surface area contributed by atoms with Crippen molar-refractivity contribution < 1.29 is 9.47 Å². The molecule has 2 N–H and O–H groups in total. The van der Waals surface area contributed by atoms with Crippen LogP contribution < -0.4 is 15.2 Å². The summed E-state index contributed by atoms with van der Waals surface area (Å²) in [4.78, 5) is 2.46. The normalized spacial score (nSPS) is 19.8. The summed E-state index contributed by atoms with van der Waals surface area (Å²) >= 11 is 0. The summed E-state index contributed by atoms with van der Waals surface area (Å²) in [6.07, 6.45) is 1.97. The van der Waals surface area contributed by atoms with Crippen molar-refractivity contribution in [1.29, 1.82) is 0 Å². The maximum atomic E-state index is 5.90. The van der Waals surface area contributed by atoms with E-state index in [-0.39, 0.29) is 0 Å². The van der Waals surface area contributed by atoms with E-state index in [1.807, 2.05) is 12.1 Å². The highest BCUT2D eigenvalue weighted by atomic mass is 16.5. The Bertz CT molecular complexity index is 715. The van der Waals surface area contributed by atoms with Gasteiger partial charge in [-0.05, 0) is 67.4 Å². The Hall–Kier alpha value is -2.04. The number of benzene rings is 2. The molecule has 0 fully saturated rings. The van der Waals surface area contributed by atoms with E-state index in [0.29, 0.717) is 25.1 Å². The zero-order chi connectivity index (χ0) is 18.5. The van der Waals surface area contributed by atoms with Gasteiger partial charge in [-0.2, -0.15) is 0 Å². The first-order valence-electron chi connectivity index (χ1n) is 9.48. The van der Waals surface area contributed by atoms with Gasteiger partial charge in [-0.3, -0.25) is 4.90 Å². The Morgan fingerprint density at radius 1 is 1.08 bits per heavy atom. The Labute approximate surface area is 156 Å². The molecule has 140 valence electrons. The van der Waals surface area contributed by atoms with Crippen LogP contribution in [0.2, 0.25) is 0 Å². The Kier molecular flexibility index (Phi) is 6.17. The van der Waals surface area contributed by atoms with Crippen LogP contribution in [-0.4, -0.2) is 38.8 Å². The van der Waals surface area contributed by atoms with Gasteiger partial charge in [0.25, 0.3) is 0 Å². The fourth-order valence-electron chi connectivity index (χ4n) is 3.93. The molecule has 0 saturated carbocycles. The number of hydrogen-bond acceptors (Lipinski definition) is 4. The molecule has 3 rings (SSSR count). The van der Waals surface area contributed by atoms with E-state index < -0.39 is 0 Å². The van der Waals surface area contributed by atoms with Gasteiger partial charge in [-0.25, -0.2) is 0 Å². The molecule has 0 saturated heterocycles. The molecule has 0 radical (unpaired) electrons. The molecule has 2 unspecified atom stereocenters. The van der Waals surface area contributed by atoms with Crippen molar-refractivity contribution >= 4 is 0 Å². The van der Waals surface area contributed by atoms with Crippen molar-refractivity contribution in [3.05, 3.63) is 59.2 Å². The van der Waals surface area contributed by atoms with Gasteiger partial charge in [0.15, 0.2) is 0 Å². The Morgan fingerprint density at radius 3 is 2.46 bits per heavy atom. The topological polar surface area (TPSA) is 47.7 Å². The number of hydrogen-bond donors (Lipinski definition) is 1. The van der Waals surface area contributed by atoms with E-state index >= 15 is 0 Å². The summed E-state index contributed by atoms with van der Waals surface area (Å²) in [5, 5.41) is 0. The minimum absolute atomic E-state index is 0.363. The largest absolute Gasteiger partial charge is 0.497 e. The van der Waals surface area contributed by atoms with Gasteiger partial charge in [-0.1, -0.05) is 25.1 Å². The number of likely N-dealkylation sites (N-methyl/N-ethyl adjacent to an activating group) is 1. The van der Waals surface area contributed by atoms with E-state index in [1.165, 1.54) is 16.7 Å². The lowest BCUT2D eigenvalue weighted by atomic mass is 9.81. The highest BCUT2D eigenvalue weighted by Crippen LogP contribution is 2.41. The highest BCUT2D eigenvalue weighted by molar-refractivity contribution is 5.46. The van der Waals surface area contributed by atoms with Crippen LogP contribution in [0.25, 0.3) is 0 Å². The zero-order valence-electron chi connectivity index (χ0n) is 16.1. The van der Waals surface area contributed by atoms with Crippen LogP contribution in [-0.2, 0) is 0 Å². The maximum Gasteiger partial charge on any atom is 0.119 e. The summed E-state index contributed by atoms with van der Waals surface area (Å²) in [5.41, 5.74) is 9.69. The number of fused-ring (bicyclic) bond motifs is 1. The molecule has 1 aliphatic heterocycles. The number of ether oxygens (including phenoxy) is 2. The van der Waals surface area contributed by atoms with Gasteiger partial charge < -0.3 is 15.2 Å². The molecule has 1 aliphatic rings. The third kappa shape index (κ3) is 3.87. The smallest absolute Gasteiger partial charge is 0.119 e. The van der Waals surface area contributed by atoms with Crippen LogP contribution in [0.15, 0.2) is 42.5 Å². The second-order valence-corrected chi connectivity index (χ2v) is 6.97. The van der Waals surface area contributed by atoms with E-state index in [2.05, 4.69) is 49.2 Å². The van der Waals surface area contributed by atoms with E-state index in [4.69, 9.17) is 15.2 Å². The molecule has 1 heterocycles. The summed E-state index contributed by atoms with van der Waals surface area (Å²) < 4.78 is 11.2. The summed E-state index contributed by atoms with van der Waals surface area (Å²) in [6, 6.07) is 15.5. The maximum absolute atomic E-state index is 5.90. The van der Waals surface area contributed by atoms with Crippen molar-refractivity contribution in [1.82, 2.24) is 4.90 Å². The van der Waals surface area contributed by atoms with Crippen molar-refractivity contribution in [2.75, 3.05) is 33.9 Å². The molecule has 2 aromatic rings. The average Bonchev–Trinajstić information content (AvgIpc) is 2.67. The summed E-state index contributed by atoms with van der Waals surface area (Å²) in [5.74, 6) is 2.20. The number of rotatable bonds is 7. The zero-order valence-corrected chi connectivity index (χ0v) is 16.1. The van der Waals surface area contributed by atoms with Gasteiger partial charge in [0.2, 0.25) is 0 Å². The first-order chi connectivity index (χ1) is 12.7. The quantitative estimate of drug-likeness (QED) is 0.765. The predicted molar refractivity (Wildman–Crippen MR) is 106 cm³/mol. The van der Waals surface area contributed by atoms with Crippen molar-refractivity contribution in [2.24, 2.45) is 5.73 Å². The first-order valence-corrected chi connectivity index (χ1v) is 9.48. The third-order valence-corrected chi connectivity index (χ3v) is 5.32. The monoisotopic (exact) mass is 354 g/mol. The van der Waals surface area contributed by atoms with E-state index in [1.54, 1.807) is 7.11 Å². The number of nitrogens with two attached hydrogens (primary N) is 1. The van der Waals surface area contributed by atoms with Gasteiger partial charge in [0.05, 0.1) is 13.7 Å². The van der Waals surface area contributed by atoms with Crippen LogP contribution in [0.3, 0.4) is 0 Å². The Balaban J connectivity index is 1.94. The van der Waals surface area contributed by atoms with Gasteiger partial charge in [0, 0.05) is 18.5 Å². The lowest BCUT2D eigenvalue weighted by Crippen LogP contribution is -2.35. The molecule has 2 atom stereocenters. The predicted octanol–water partition coefficient (Wildman–Crippen LogP) is 3.95. The van der Waals surface area contributed by atoms with Gasteiger partial charge in [0.1, 0.15) is 11.5 Å². The molecule has 26 heavy (non-hydrogen) atoms. The fraction of sp³-hybridized carbons (Fsp3) is 0.455. The molecular weight excluding hydrogens is 324 g/mol. The Morgan fingerprint density at radius 2 is 1.81 bits per heavy atom. The number of nitrogens with zero attached hydrogens (tertiary/aromatic N) is 1. The second-order valence-electron chi connectivity index (χ2n) is 6.97. The second kappa shape index (κ2) is 8.56. The minimum atomic E-state index is 0.363. The summed E-state index contributed by atoms with van der Waals surface area (Å²) in [6.45, 7) is 4.60. The number of methoxy groups -OCH3 is 1. The van der Waals surface area contributed by atoms with E-state index in [0.717, 1.165) is 30.9 Å². The third-order valence-electron chi connectivity index (χ3n) is 5.32. The van der Waals surface area contributed by atoms with Crippen molar-refractivity contribution in [2.45, 2.75) is 31.7 Å². The van der Waals surface area contributed by atoms with Crippen LogP contribution in [0.1, 0.15) is 48.4 Å². The van der Waals surface area contributed by atoms with Crippen LogP contribution in [0, 0.1) is 0 Å². The minimum Gasteiger partial charge on any atom is -0.497 e. The van der Waals surface area contributed by atoms with Crippen LogP contribution in [0.5, 0.6) is 11.5 Å². The van der Waals surface area contributed by atoms with Crippen LogP contribution >= 0.6 is 0 Å². The average molecular weight is 354 g/mol. The van der Waals surface area contributed by atoms with Gasteiger partial charge >= 0.3 is 0 Å². The van der Waals surface area contributed by atoms with Crippen molar-refractivity contribution in [3.63, 3.8) is 0 Å². The highest BCUT2D eigenvalue weighted by Gasteiger charge is 2.31. The molecular formula is C22H30N2O2. The fourth-order valence-corrected chi connectivity index (χ4v) is 3.93. The SMILES string of the molecule is CCC1c2cc(OCCCN)ccc2C(c2ccc(OC)cc2)CN1C. The molecule has 2 aromatic carbocycles. The van der Waals surface area contributed by atoms with Gasteiger partial charge in [-0.15, -0.1) is 0 Å².